The lowest BCUT2D eigenvalue weighted by molar-refractivity contribution is -0.124. The molecule has 4 aliphatic rings. The van der Waals surface area contributed by atoms with E-state index in [1.165, 1.54) is 24.0 Å². The Morgan fingerprint density at radius 1 is 0.920 bits per heavy atom. The van der Waals surface area contributed by atoms with E-state index in [2.05, 4.69) is 70.3 Å². The van der Waals surface area contributed by atoms with Crippen LogP contribution >= 0.6 is 0 Å². The summed E-state index contributed by atoms with van der Waals surface area (Å²) in [6, 6.07) is 15.5. The highest BCUT2D eigenvalue weighted by Crippen LogP contribution is 2.40. The average molecular weight is 701 g/mol. The number of nitrogens with zero attached hydrogens (tertiary/aromatic N) is 4. The quantitative estimate of drug-likeness (QED) is 0.206. The Morgan fingerprint density at radius 3 is 2.36 bits per heavy atom. The maximum absolute atomic E-state index is 14.5. The number of carbonyl (C=O) groups is 2. The summed E-state index contributed by atoms with van der Waals surface area (Å²) in [6.45, 7) is 4.05. The van der Waals surface area contributed by atoms with Crippen molar-refractivity contribution in [2.45, 2.75) is 89.2 Å². The number of amides is 2. The minimum atomic E-state index is -0.852. The van der Waals surface area contributed by atoms with Crippen molar-refractivity contribution in [3.63, 3.8) is 0 Å². The number of anilines is 1. The highest BCUT2D eigenvalue weighted by atomic mass is 32.2. The molecular weight excluding hydrogens is 649 g/mol. The van der Waals surface area contributed by atoms with Gasteiger partial charge in [0.15, 0.2) is 0 Å². The summed E-state index contributed by atoms with van der Waals surface area (Å²) >= 11 is 0. The SMILES string of the molecule is COc1ccc(C2CCC(CN(C(=O)C3CCC(OC(=O)N4CC(CS(C)=O)C4)CC3)c3cccc(-c4cnn(C5CC5)c4)c3)CC2)cc1C. The maximum atomic E-state index is 14.5. The molecule has 3 aliphatic carbocycles. The van der Waals surface area contributed by atoms with Gasteiger partial charge in [0.1, 0.15) is 11.9 Å². The summed E-state index contributed by atoms with van der Waals surface area (Å²) in [5.41, 5.74) is 5.68. The van der Waals surface area contributed by atoms with Gasteiger partial charge in [0.25, 0.3) is 0 Å². The van der Waals surface area contributed by atoms with E-state index < -0.39 is 10.8 Å². The van der Waals surface area contributed by atoms with Gasteiger partial charge in [-0.25, -0.2) is 4.79 Å². The van der Waals surface area contributed by atoms with Gasteiger partial charge in [-0.1, -0.05) is 24.3 Å². The lowest BCUT2D eigenvalue weighted by Crippen LogP contribution is -2.52. The van der Waals surface area contributed by atoms with E-state index in [-0.39, 0.29) is 24.0 Å². The molecule has 2 amide bonds. The second-order valence-electron chi connectivity index (χ2n) is 15.3. The van der Waals surface area contributed by atoms with Gasteiger partial charge in [0, 0.05) is 71.7 Å². The number of likely N-dealkylation sites (tertiary alicyclic amines) is 1. The van der Waals surface area contributed by atoms with Crippen LogP contribution in [0.2, 0.25) is 0 Å². The molecule has 3 aromatic rings. The molecule has 2 aromatic carbocycles. The normalized spacial score (nSPS) is 24.7. The largest absolute Gasteiger partial charge is 0.496 e. The molecule has 4 fully saturated rings. The molecule has 1 aromatic heterocycles. The first-order valence-electron chi connectivity index (χ1n) is 18.6. The Labute approximate surface area is 299 Å². The van der Waals surface area contributed by atoms with Gasteiger partial charge >= 0.3 is 6.09 Å². The molecule has 0 bridgehead atoms. The molecule has 7 rings (SSSR count). The number of ether oxygens (including phenoxy) is 2. The molecule has 0 spiro atoms. The van der Waals surface area contributed by atoms with Crippen LogP contribution in [0.1, 0.15) is 87.3 Å². The topological polar surface area (TPSA) is 94.0 Å². The van der Waals surface area contributed by atoms with Gasteiger partial charge in [-0.15, -0.1) is 0 Å². The van der Waals surface area contributed by atoms with Crippen LogP contribution in [0.5, 0.6) is 5.75 Å². The minimum absolute atomic E-state index is 0.0993. The number of aromatic nitrogens is 2. The van der Waals surface area contributed by atoms with Crippen LogP contribution in [-0.4, -0.2) is 75.7 Å². The van der Waals surface area contributed by atoms with E-state index in [0.717, 1.165) is 48.2 Å². The van der Waals surface area contributed by atoms with E-state index in [1.54, 1.807) is 18.3 Å². The van der Waals surface area contributed by atoms with Gasteiger partial charge < -0.3 is 19.3 Å². The van der Waals surface area contributed by atoms with Crippen LogP contribution in [0.3, 0.4) is 0 Å². The fourth-order valence-corrected chi connectivity index (χ4v) is 9.19. The van der Waals surface area contributed by atoms with Gasteiger partial charge in [-0.2, -0.15) is 5.10 Å². The molecule has 3 saturated carbocycles. The van der Waals surface area contributed by atoms with Crippen molar-refractivity contribution in [3.8, 4) is 16.9 Å². The Balaban J connectivity index is 1.01. The highest BCUT2D eigenvalue weighted by Gasteiger charge is 2.37. The molecule has 1 unspecified atom stereocenters. The van der Waals surface area contributed by atoms with E-state index in [4.69, 9.17) is 9.47 Å². The third kappa shape index (κ3) is 8.11. The minimum Gasteiger partial charge on any atom is -0.496 e. The van der Waals surface area contributed by atoms with Crippen molar-refractivity contribution in [1.82, 2.24) is 14.7 Å². The Hall–Kier alpha value is -3.66. The maximum Gasteiger partial charge on any atom is 0.410 e. The smallest absolute Gasteiger partial charge is 0.410 e. The zero-order chi connectivity index (χ0) is 34.8. The van der Waals surface area contributed by atoms with Crippen LogP contribution in [0.4, 0.5) is 10.5 Å². The Bertz CT molecular complexity index is 1680. The van der Waals surface area contributed by atoms with E-state index in [0.29, 0.717) is 74.9 Å². The fourth-order valence-electron chi connectivity index (χ4n) is 8.32. The van der Waals surface area contributed by atoms with Crippen molar-refractivity contribution >= 4 is 28.5 Å². The number of carbonyl (C=O) groups excluding carboxylic acids is 2. The van der Waals surface area contributed by atoms with Crippen LogP contribution in [-0.2, 0) is 20.3 Å². The second-order valence-corrected chi connectivity index (χ2v) is 16.7. The number of hydrogen-bond donors (Lipinski definition) is 0. The lowest BCUT2D eigenvalue weighted by atomic mass is 9.78. The number of methoxy groups -OCH3 is 1. The third-order valence-corrected chi connectivity index (χ3v) is 12.4. The Morgan fingerprint density at radius 2 is 1.68 bits per heavy atom. The predicted octanol–water partition coefficient (Wildman–Crippen LogP) is 7.51. The summed E-state index contributed by atoms with van der Waals surface area (Å²) in [7, 11) is 0.871. The molecule has 50 heavy (non-hydrogen) atoms. The number of benzene rings is 2. The van der Waals surface area contributed by atoms with Crippen molar-refractivity contribution in [2.75, 3.05) is 43.7 Å². The lowest BCUT2D eigenvalue weighted by Gasteiger charge is -2.39. The molecule has 1 atom stereocenters. The number of aryl methyl sites for hydroxylation is 1. The second kappa shape index (κ2) is 15.3. The molecule has 1 saturated heterocycles. The van der Waals surface area contributed by atoms with E-state index >= 15 is 0 Å². The van der Waals surface area contributed by atoms with Crippen molar-refractivity contribution in [3.05, 3.63) is 66.0 Å². The zero-order valence-electron chi connectivity index (χ0n) is 29.8. The molecule has 1 aliphatic heterocycles. The van der Waals surface area contributed by atoms with Crippen molar-refractivity contribution < 1.29 is 23.3 Å². The molecule has 0 radical (unpaired) electrons. The third-order valence-electron chi connectivity index (χ3n) is 11.4. The monoisotopic (exact) mass is 700 g/mol. The first-order chi connectivity index (χ1) is 24.2. The van der Waals surface area contributed by atoms with Crippen LogP contribution in [0.25, 0.3) is 11.1 Å². The van der Waals surface area contributed by atoms with Crippen LogP contribution < -0.4 is 9.64 Å². The average Bonchev–Trinajstić information content (AvgIpc) is 3.84. The van der Waals surface area contributed by atoms with Crippen LogP contribution in [0.15, 0.2) is 54.9 Å². The molecule has 9 nitrogen and oxygen atoms in total. The molecule has 10 heteroatoms. The van der Waals surface area contributed by atoms with Crippen LogP contribution in [0, 0.1) is 24.7 Å². The Kier molecular flexibility index (Phi) is 10.6. The summed E-state index contributed by atoms with van der Waals surface area (Å²) in [5.74, 6) is 2.90. The molecule has 0 N–H and O–H groups in total. The zero-order valence-corrected chi connectivity index (χ0v) is 30.6. The molecular formula is C40H52N4O5S. The number of hydrogen-bond acceptors (Lipinski definition) is 6. The van der Waals surface area contributed by atoms with Gasteiger partial charge in [-0.05, 0) is 118 Å². The fraction of sp³-hybridized carbons (Fsp3) is 0.575. The van der Waals surface area contributed by atoms with Crippen molar-refractivity contribution in [1.29, 1.82) is 0 Å². The highest BCUT2D eigenvalue weighted by molar-refractivity contribution is 7.84. The van der Waals surface area contributed by atoms with Gasteiger partial charge in [-0.3, -0.25) is 13.7 Å². The van der Waals surface area contributed by atoms with Gasteiger partial charge in [0.05, 0.1) is 19.3 Å². The first kappa shape index (κ1) is 34.8. The summed E-state index contributed by atoms with van der Waals surface area (Å²) in [5, 5.41) is 4.62. The summed E-state index contributed by atoms with van der Waals surface area (Å²) in [4.78, 5) is 31.0. The predicted molar refractivity (Wildman–Crippen MR) is 197 cm³/mol. The summed E-state index contributed by atoms with van der Waals surface area (Å²) < 4.78 is 25.0. The molecule has 268 valence electrons. The van der Waals surface area contributed by atoms with Gasteiger partial charge in [0.2, 0.25) is 5.91 Å². The van der Waals surface area contributed by atoms with E-state index in [1.807, 2.05) is 6.20 Å². The summed E-state index contributed by atoms with van der Waals surface area (Å²) in [6.07, 6.45) is 14.9. The molecule has 2 heterocycles. The number of rotatable bonds is 11. The van der Waals surface area contributed by atoms with Crippen molar-refractivity contribution in [2.24, 2.45) is 17.8 Å². The first-order valence-corrected chi connectivity index (χ1v) is 20.3. The standard InChI is InChI=1S/C40H52N4O5S/c1-27-19-33(13-18-38(27)48-2)30-9-7-28(8-10-30)24-43(36-6-4-5-32(20-36)34-21-41-44(25-34)35-14-15-35)39(45)31-11-16-37(17-12-31)49-40(46)42-22-29(23-42)26-50(3)47/h4-6,13,18-21,25,28-31,35,37H,7-12,14-17,22-24,26H2,1-3H3. The van der Waals surface area contributed by atoms with E-state index in [9.17, 15) is 13.8 Å².